The second-order valence-corrected chi connectivity index (χ2v) is 5.93. The summed E-state index contributed by atoms with van der Waals surface area (Å²) in [6, 6.07) is 15.8. The zero-order chi connectivity index (χ0) is 17.2. The van der Waals surface area contributed by atoms with Crippen LogP contribution in [-0.2, 0) is 13.1 Å². The van der Waals surface area contributed by atoms with E-state index < -0.39 is 0 Å². The number of amides is 2. The maximum atomic E-state index is 14.1. The lowest BCUT2D eigenvalue weighted by molar-refractivity contribution is 0.194. The Hall–Kier alpha value is -3.15. The molecule has 0 fully saturated rings. The highest BCUT2D eigenvalue weighted by molar-refractivity contribution is 5.89. The second-order valence-electron chi connectivity index (χ2n) is 5.93. The molecule has 0 unspecified atom stereocenters. The molecule has 4 rings (SSSR count). The first-order chi connectivity index (χ1) is 12.2. The van der Waals surface area contributed by atoms with Gasteiger partial charge in [0, 0.05) is 23.4 Å². The number of para-hydroxylation sites is 1. The van der Waals surface area contributed by atoms with Crippen LogP contribution in [0.25, 0.3) is 11.1 Å². The van der Waals surface area contributed by atoms with Gasteiger partial charge in [0.1, 0.15) is 5.82 Å². The van der Waals surface area contributed by atoms with Gasteiger partial charge >= 0.3 is 6.03 Å². The van der Waals surface area contributed by atoms with Crippen molar-refractivity contribution in [3.05, 3.63) is 72.3 Å². The molecule has 0 aliphatic carbocycles. The minimum Gasteiger partial charge on any atom is -0.317 e. The summed E-state index contributed by atoms with van der Waals surface area (Å²) in [5.74, 6) is -0.288. The number of anilines is 1. The van der Waals surface area contributed by atoms with Crippen LogP contribution in [0, 0.1) is 5.82 Å². The molecule has 0 saturated heterocycles. The van der Waals surface area contributed by atoms with Gasteiger partial charge in [-0.15, -0.1) is 0 Å². The van der Waals surface area contributed by atoms with Crippen LogP contribution in [0.15, 0.2) is 60.8 Å². The van der Waals surface area contributed by atoms with Crippen LogP contribution in [0.3, 0.4) is 0 Å². The number of hydrogen-bond donors (Lipinski definition) is 1. The average molecular weight is 336 g/mol. The van der Waals surface area contributed by atoms with E-state index in [9.17, 15) is 9.18 Å². The Morgan fingerprint density at radius 1 is 1.00 bits per heavy atom. The van der Waals surface area contributed by atoms with E-state index in [-0.39, 0.29) is 11.8 Å². The first-order valence-electron chi connectivity index (χ1n) is 8.13. The third-order valence-corrected chi connectivity index (χ3v) is 4.35. The number of nitrogens with zero attached hydrogens (tertiary/aromatic N) is 3. The molecule has 1 N–H and O–H groups in total. The van der Waals surface area contributed by atoms with Crippen molar-refractivity contribution in [1.82, 2.24) is 14.7 Å². The fraction of sp³-hybridized carbons (Fsp3) is 0.158. The van der Waals surface area contributed by atoms with Gasteiger partial charge in [0.05, 0.1) is 25.0 Å². The number of aromatic nitrogens is 2. The Bertz CT molecular complexity index is 907. The lowest BCUT2D eigenvalue weighted by Gasteiger charge is -2.28. The quantitative estimate of drug-likeness (QED) is 0.775. The van der Waals surface area contributed by atoms with Gasteiger partial charge in [-0.25, -0.2) is 9.18 Å². The van der Waals surface area contributed by atoms with E-state index in [1.807, 2.05) is 35.0 Å². The zero-order valence-electron chi connectivity index (χ0n) is 13.5. The Balaban J connectivity index is 1.58. The molecule has 0 radical (unpaired) electrons. The van der Waals surface area contributed by atoms with Crippen LogP contribution >= 0.6 is 0 Å². The van der Waals surface area contributed by atoms with Crippen molar-refractivity contribution in [1.29, 1.82) is 0 Å². The van der Waals surface area contributed by atoms with Gasteiger partial charge in [0.2, 0.25) is 0 Å². The Kier molecular flexibility index (Phi) is 3.93. The molecule has 2 heterocycles. The van der Waals surface area contributed by atoms with E-state index in [2.05, 4.69) is 10.4 Å². The maximum Gasteiger partial charge on any atom is 0.322 e. The Morgan fingerprint density at radius 2 is 1.76 bits per heavy atom. The largest absolute Gasteiger partial charge is 0.322 e. The molecule has 5 nitrogen and oxygen atoms in total. The molecule has 1 aliphatic heterocycles. The number of fused-ring (bicyclic) bond motifs is 1. The minimum absolute atomic E-state index is 0.168. The lowest BCUT2D eigenvalue weighted by atomic mass is 10.0. The fourth-order valence-electron chi connectivity index (χ4n) is 3.05. The molecule has 6 heteroatoms. The highest BCUT2D eigenvalue weighted by Gasteiger charge is 2.25. The molecule has 25 heavy (non-hydrogen) atoms. The molecule has 0 atom stereocenters. The second kappa shape index (κ2) is 6.39. The molecule has 0 spiro atoms. The van der Waals surface area contributed by atoms with Crippen LogP contribution in [0.1, 0.15) is 5.69 Å². The first kappa shape index (κ1) is 15.4. The first-order valence-corrected chi connectivity index (χ1v) is 8.13. The van der Waals surface area contributed by atoms with Crippen molar-refractivity contribution < 1.29 is 9.18 Å². The molecule has 3 aromatic rings. The fourth-order valence-corrected chi connectivity index (χ4v) is 3.05. The topological polar surface area (TPSA) is 50.2 Å². The van der Waals surface area contributed by atoms with Crippen molar-refractivity contribution in [3.63, 3.8) is 0 Å². The number of urea groups is 1. The van der Waals surface area contributed by atoms with Gasteiger partial charge in [-0.1, -0.05) is 36.4 Å². The highest BCUT2D eigenvalue weighted by Crippen LogP contribution is 2.29. The minimum atomic E-state index is -0.288. The number of rotatable bonds is 2. The van der Waals surface area contributed by atoms with Crippen molar-refractivity contribution in [2.24, 2.45) is 0 Å². The summed E-state index contributed by atoms with van der Waals surface area (Å²) in [5, 5.41) is 7.23. The number of carbonyl (C=O) groups excluding carboxylic acids is 1. The lowest BCUT2D eigenvalue weighted by Crippen LogP contribution is -2.41. The molecule has 1 aromatic heterocycles. The predicted molar refractivity (Wildman–Crippen MR) is 93.5 cm³/mol. The van der Waals surface area contributed by atoms with Gasteiger partial charge < -0.3 is 10.2 Å². The van der Waals surface area contributed by atoms with Gasteiger partial charge in [-0.05, 0) is 18.2 Å². The molecule has 1 aliphatic rings. The van der Waals surface area contributed by atoms with Crippen molar-refractivity contribution in [2.75, 3.05) is 11.9 Å². The van der Waals surface area contributed by atoms with E-state index in [4.69, 9.17) is 0 Å². The number of nitrogens with one attached hydrogen (secondary N) is 1. The summed E-state index contributed by atoms with van der Waals surface area (Å²) in [6.45, 7) is 1.54. The predicted octanol–water partition coefficient (Wildman–Crippen LogP) is 3.74. The van der Waals surface area contributed by atoms with Gasteiger partial charge in [-0.3, -0.25) is 4.68 Å². The van der Waals surface area contributed by atoms with Gasteiger partial charge in [0.15, 0.2) is 0 Å². The normalized spacial score (nSPS) is 13.4. The summed E-state index contributed by atoms with van der Waals surface area (Å²) >= 11 is 0. The molecule has 2 amide bonds. The van der Waals surface area contributed by atoms with E-state index in [0.717, 1.165) is 16.9 Å². The SMILES string of the molecule is O=C(Nc1ccccc1)N1CCn2ncc(-c3ccccc3F)c2C1. The number of carbonyl (C=O) groups is 1. The summed E-state index contributed by atoms with van der Waals surface area (Å²) in [4.78, 5) is 14.2. The van der Waals surface area contributed by atoms with Crippen LogP contribution in [-0.4, -0.2) is 27.3 Å². The summed E-state index contributed by atoms with van der Waals surface area (Å²) in [7, 11) is 0. The Labute approximate surface area is 144 Å². The summed E-state index contributed by atoms with van der Waals surface area (Å²) in [6.07, 6.45) is 1.67. The van der Waals surface area contributed by atoms with Gasteiger partial charge in [-0.2, -0.15) is 5.10 Å². The van der Waals surface area contributed by atoms with Crippen LogP contribution in [0.5, 0.6) is 0 Å². The van der Waals surface area contributed by atoms with Crippen molar-refractivity contribution >= 4 is 11.7 Å². The van der Waals surface area contributed by atoms with Crippen LogP contribution in [0.2, 0.25) is 0 Å². The van der Waals surface area contributed by atoms with E-state index in [1.54, 1.807) is 29.3 Å². The van der Waals surface area contributed by atoms with E-state index in [0.29, 0.717) is 25.2 Å². The molecule has 0 bridgehead atoms. The molecule has 2 aromatic carbocycles. The monoisotopic (exact) mass is 336 g/mol. The average Bonchev–Trinajstić information content (AvgIpc) is 3.06. The van der Waals surface area contributed by atoms with Crippen LogP contribution in [0.4, 0.5) is 14.9 Å². The van der Waals surface area contributed by atoms with Crippen molar-refractivity contribution in [3.8, 4) is 11.1 Å². The third-order valence-electron chi connectivity index (χ3n) is 4.35. The number of hydrogen-bond acceptors (Lipinski definition) is 2. The number of halogens is 1. The summed E-state index contributed by atoms with van der Waals surface area (Å²) in [5.41, 5.74) is 2.84. The smallest absolute Gasteiger partial charge is 0.317 e. The molecule has 0 saturated carbocycles. The Morgan fingerprint density at radius 3 is 2.56 bits per heavy atom. The van der Waals surface area contributed by atoms with Crippen molar-refractivity contribution in [2.45, 2.75) is 13.1 Å². The number of benzene rings is 2. The molecule has 126 valence electrons. The maximum absolute atomic E-state index is 14.1. The standard InChI is InChI=1S/C19H17FN4O/c20-17-9-5-4-8-15(17)16-12-21-24-11-10-23(13-18(16)24)19(25)22-14-6-2-1-3-7-14/h1-9,12H,10-11,13H2,(H,22,25). The highest BCUT2D eigenvalue weighted by atomic mass is 19.1. The van der Waals surface area contributed by atoms with E-state index in [1.165, 1.54) is 6.07 Å². The molecular weight excluding hydrogens is 319 g/mol. The zero-order valence-corrected chi connectivity index (χ0v) is 13.5. The third kappa shape index (κ3) is 2.98. The summed E-state index contributed by atoms with van der Waals surface area (Å²) < 4.78 is 16.0. The van der Waals surface area contributed by atoms with Crippen LogP contribution < -0.4 is 5.32 Å². The molecular formula is C19H17FN4O. The van der Waals surface area contributed by atoms with E-state index >= 15 is 0 Å². The van der Waals surface area contributed by atoms with Gasteiger partial charge in [0.25, 0.3) is 0 Å².